The molecule has 0 heterocycles. The maximum Gasteiger partial charge on any atom is 0.416 e. The molecular formula is C19H19FN2O6. The maximum absolute atomic E-state index is 13.1. The molecule has 0 fully saturated rings. The molecular weight excluding hydrogens is 371 g/mol. The standard InChI is InChI=1S/C19H19FN2O6/c1-12(2)17(18(23)24)21(11-13-3-5-14(20)6-4-13)19(25)28-16-9-7-15(8-10-16)22(26)27/h3-10,12,17H,11H2,1-2H3,(H,23,24)/t17-/m0/s1. The van der Waals surface area contributed by atoms with Crippen molar-refractivity contribution in [2.75, 3.05) is 0 Å². The Labute approximate surface area is 160 Å². The van der Waals surface area contributed by atoms with Crippen LogP contribution in [-0.2, 0) is 11.3 Å². The Morgan fingerprint density at radius 3 is 2.18 bits per heavy atom. The first kappa shape index (κ1) is 20.8. The van der Waals surface area contributed by atoms with Crippen LogP contribution in [-0.4, -0.2) is 33.0 Å². The van der Waals surface area contributed by atoms with Crippen LogP contribution in [0.2, 0.25) is 0 Å². The number of hydrogen-bond acceptors (Lipinski definition) is 5. The lowest BCUT2D eigenvalue weighted by atomic mass is 10.0. The first-order valence-electron chi connectivity index (χ1n) is 8.39. The van der Waals surface area contributed by atoms with Gasteiger partial charge in [-0.2, -0.15) is 0 Å². The van der Waals surface area contributed by atoms with Gasteiger partial charge in [0.1, 0.15) is 17.6 Å². The molecule has 1 amide bonds. The van der Waals surface area contributed by atoms with Gasteiger partial charge in [0, 0.05) is 18.7 Å². The molecule has 8 nitrogen and oxygen atoms in total. The van der Waals surface area contributed by atoms with Gasteiger partial charge in [-0.15, -0.1) is 0 Å². The van der Waals surface area contributed by atoms with E-state index in [0.717, 1.165) is 4.90 Å². The summed E-state index contributed by atoms with van der Waals surface area (Å²) in [4.78, 5) is 35.5. The highest BCUT2D eigenvalue weighted by molar-refractivity contribution is 5.81. The molecule has 0 aliphatic rings. The number of amides is 1. The van der Waals surface area contributed by atoms with E-state index in [1.54, 1.807) is 13.8 Å². The third kappa shape index (κ3) is 5.26. The second-order valence-corrected chi connectivity index (χ2v) is 6.40. The van der Waals surface area contributed by atoms with Crippen LogP contribution in [0, 0.1) is 21.8 Å². The van der Waals surface area contributed by atoms with Crippen molar-refractivity contribution in [3.8, 4) is 5.75 Å². The van der Waals surface area contributed by atoms with Gasteiger partial charge in [0.05, 0.1) is 4.92 Å². The fourth-order valence-electron chi connectivity index (χ4n) is 2.64. The molecule has 0 aliphatic heterocycles. The molecule has 0 radical (unpaired) electrons. The van der Waals surface area contributed by atoms with E-state index in [4.69, 9.17) is 4.74 Å². The minimum absolute atomic E-state index is 0.0348. The molecule has 9 heteroatoms. The summed E-state index contributed by atoms with van der Waals surface area (Å²) in [6.45, 7) is 3.19. The number of nitrogens with zero attached hydrogens (tertiary/aromatic N) is 2. The number of carboxylic acid groups (broad SMARTS) is 1. The first-order chi connectivity index (χ1) is 13.2. The van der Waals surface area contributed by atoms with E-state index < -0.39 is 34.8 Å². The van der Waals surface area contributed by atoms with Crippen molar-refractivity contribution in [3.05, 3.63) is 70.0 Å². The van der Waals surface area contributed by atoms with E-state index >= 15 is 0 Å². The molecule has 1 N–H and O–H groups in total. The number of benzene rings is 2. The number of rotatable bonds is 7. The molecule has 0 unspecified atom stereocenters. The minimum atomic E-state index is -1.21. The highest BCUT2D eigenvalue weighted by Crippen LogP contribution is 2.21. The van der Waals surface area contributed by atoms with Gasteiger partial charge in [0.25, 0.3) is 5.69 Å². The van der Waals surface area contributed by atoms with E-state index in [0.29, 0.717) is 5.56 Å². The van der Waals surface area contributed by atoms with Crippen LogP contribution >= 0.6 is 0 Å². The second-order valence-electron chi connectivity index (χ2n) is 6.40. The molecule has 0 bridgehead atoms. The van der Waals surface area contributed by atoms with E-state index in [-0.39, 0.29) is 18.0 Å². The van der Waals surface area contributed by atoms with E-state index in [9.17, 15) is 29.2 Å². The summed E-state index contributed by atoms with van der Waals surface area (Å²) >= 11 is 0. The minimum Gasteiger partial charge on any atom is -0.480 e. The molecule has 0 aliphatic carbocycles. The zero-order valence-corrected chi connectivity index (χ0v) is 15.2. The summed E-state index contributed by atoms with van der Waals surface area (Å²) in [5.41, 5.74) is 0.350. The molecule has 148 valence electrons. The molecule has 2 aromatic rings. The predicted molar refractivity (Wildman–Crippen MR) is 97.3 cm³/mol. The van der Waals surface area contributed by atoms with Crippen LogP contribution in [0.1, 0.15) is 19.4 Å². The zero-order chi connectivity index (χ0) is 20.8. The number of carbonyl (C=O) groups excluding carboxylic acids is 1. The van der Waals surface area contributed by atoms with Gasteiger partial charge in [-0.25, -0.2) is 14.0 Å². The van der Waals surface area contributed by atoms with Gasteiger partial charge in [-0.1, -0.05) is 26.0 Å². The number of ether oxygens (including phenoxy) is 1. The molecule has 0 saturated carbocycles. The SMILES string of the molecule is CC(C)[C@@H](C(=O)O)N(Cc1ccc(F)cc1)C(=O)Oc1ccc([N+](=O)[O-])cc1. The number of nitro groups is 1. The Morgan fingerprint density at radius 2 is 1.71 bits per heavy atom. The Morgan fingerprint density at radius 1 is 1.14 bits per heavy atom. The van der Waals surface area contributed by atoms with Crippen LogP contribution < -0.4 is 4.74 Å². The van der Waals surface area contributed by atoms with Crippen molar-refractivity contribution in [2.24, 2.45) is 5.92 Å². The monoisotopic (exact) mass is 390 g/mol. The fourth-order valence-corrected chi connectivity index (χ4v) is 2.64. The van der Waals surface area contributed by atoms with Gasteiger partial charge >= 0.3 is 12.1 Å². The molecule has 2 aromatic carbocycles. The second kappa shape index (κ2) is 8.94. The largest absolute Gasteiger partial charge is 0.480 e. The third-order valence-corrected chi connectivity index (χ3v) is 3.97. The quantitative estimate of drug-likeness (QED) is 0.568. The van der Waals surface area contributed by atoms with Crippen LogP contribution in [0.5, 0.6) is 5.75 Å². The molecule has 0 spiro atoms. The number of nitro benzene ring substituents is 1. The highest BCUT2D eigenvalue weighted by atomic mass is 19.1. The number of non-ortho nitro benzene ring substituents is 1. The Bertz CT molecular complexity index is 852. The lowest BCUT2D eigenvalue weighted by Crippen LogP contribution is -2.48. The Kier molecular flexibility index (Phi) is 6.64. The molecule has 2 rings (SSSR count). The lowest BCUT2D eigenvalue weighted by molar-refractivity contribution is -0.384. The van der Waals surface area contributed by atoms with Crippen molar-refractivity contribution in [1.29, 1.82) is 0 Å². The normalized spacial score (nSPS) is 11.7. The highest BCUT2D eigenvalue weighted by Gasteiger charge is 2.33. The van der Waals surface area contributed by atoms with Gasteiger partial charge < -0.3 is 9.84 Å². The van der Waals surface area contributed by atoms with Crippen LogP contribution in [0.4, 0.5) is 14.9 Å². The predicted octanol–water partition coefficient (Wildman–Crippen LogP) is 3.84. The summed E-state index contributed by atoms with van der Waals surface area (Å²) in [5.74, 6) is -2.06. The summed E-state index contributed by atoms with van der Waals surface area (Å²) < 4.78 is 18.3. The average Bonchev–Trinajstić information content (AvgIpc) is 2.62. The van der Waals surface area contributed by atoms with E-state index in [1.807, 2.05) is 0 Å². The fraction of sp³-hybridized carbons (Fsp3) is 0.263. The summed E-state index contributed by atoms with van der Waals surface area (Å²) in [6, 6.07) is 8.96. The maximum atomic E-state index is 13.1. The number of carbonyl (C=O) groups is 2. The van der Waals surface area contributed by atoms with Gasteiger partial charge in [0.2, 0.25) is 0 Å². The van der Waals surface area contributed by atoms with Crippen molar-refractivity contribution in [1.82, 2.24) is 4.90 Å². The Hall–Kier alpha value is -3.49. The van der Waals surface area contributed by atoms with Crippen molar-refractivity contribution in [2.45, 2.75) is 26.4 Å². The summed E-state index contributed by atoms with van der Waals surface area (Å²) in [6.07, 6.45) is -0.931. The number of halogens is 1. The van der Waals surface area contributed by atoms with Crippen LogP contribution in [0.25, 0.3) is 0 Å². The lowest BCUT2D eigenvalue weighted by Gasteiger charge is -2.30. The first-order valence-corrected chi connectivity index (χ1v) is 8.39. The van der Waals surface area contributed by atoms with Gasteiger partial charge in [-0.3, -0.25) is 15.0 Å². The van der Waals surface area contributed by atoms with Crippen LogP contribution in [0.3, 0.4) is 0 Å². The van der Waals surface area contributed by atoms with E-state index in [1.165, 1.54) is 48.5 Å². The molecule has 0 aromatic heterocycles. The topological polar surface area (TPSA) is 110 Å². The summed E-state index contributed by atoms with van der Waals surface area (Å²) in [5, 5.41) is 20.3. The van der Waals surface area contributed by atoms with Crippen molar-refractivity contribution in [3.63, 3.8) is 0 Å². The summed E-state index contributed by atoms with van der Waals surface area (Å²) in [7, 11) is 0. The molecule has 1 atom stereocenters. The number of hydrogen-bond donors (Lipinski definition) is 1. The molecule has 28 heavy (non-hydrogen) atoms. The van der Waals surface area contributed by atoms with E-state index in [2.05, 4.69) is 0 Å². The Balaban J connectivity index is 2.28. The average molecular weight is 390 g/mol. The van der Waals surface area contributed by atoms with Crippen molar-refractivity contribution >= 4 is 17.7 Å². The van der Waals surface area contributed by atoms with Crippen LogP contribution in [0.15, 0.2) is 48.5 Å². The van der Waals surface area contributed by atoms with Gasteiger partial charge in [0.15, 0.2) is 0 Å². The smallest absolute Gasteiger partial charge is 0.416 e. The molecule has 0 saturated heterocycles. The zero-order valence-electron chi connectivity index (χ0n) is 15.2. The van der Waals surface area contributed by atoms with Crippen molar-refractivity contribution < 1.29 is 28.7 Å². The third-order valence-electron chi connectivity index (χ3n) is 3.97. The number of aliphatic carboxylic acids is 1. The number of carboxylic acids is 1. The van der Waals surface area contributed by atoms with Gasteiger partial charge in [-0.05, 0) is 35.7 Å².